The molecule has 13 heavy (non-hydrogen) atoms. The maximum atomic E-state index is 13.3. The second-order valence-corrected chi connectivity index (χ2v) is 2.60. The van der Waals surface area contributed by atoms with Crippen LogP contribution in [0.15, 0.2) is 42.7 Å². The van der Waals surface area contributed by atoms with Gasteiger partial charge in [0.2, 0.25) is 0 Å². The molecule has 3 heteroatoms. The maximum Gasteiger partial charge on any atom is 0.150 e. The zero-order valence-electron chi connectivity index (χ0n) is 7.67. The largest absolute Gasteiger partial charge is 0.321 e. The molecular formula is C10H7F2N. The van der Waals surface area contributed by atoms with Gasteiger partial charge in [0.05, 0.1) is 7.06 Å². The summed E-state index contributed by atoms with van der Waals surface area (Å²) in [7, 11) is 0. The van der Waals surface area contributed by atoms with Gasteiger partial charge in [0.15, 0.2) is 0 Å². The SMILES string of the molecule is [2H]c1cc(F)cc(F)c1-n1cccc1. The molecule has 0 amide bonds. The van der Waals surface area contributed by atoms with Crippen molar-refractivity contribution in [2.45, 2.75) is 0 Å². The molecule has 0 radical (unpaired) electrons. The fourth-order valence-electron chi connectivity index (χ4n) is 1.12. The van der Waals surface area contributed by atoms with E-state index in [9.17, 15) is 8.78 Å². The zero-order valence-corrected chi connectivity index (χ0v) is 6.67. The van der Waals surface area contributed by atoms with Crippen molar-refractivity contribution in [2.24, 2.45) is 0 Å². The lowest BCUT2D eigenvalue weighted by Gasteiger charge is -2.03. The summed E-state index contributed by atoms with van der Waals surface area (Å²) in [5, 5.41) is 0. The van der Waals surface area contributed by atoms with Crippen LogP contribution in [0.2, 0.25) is 0 Å². The van der Waals surface area contributed by atoms with Crippen LogP contribution in [0.25, 0.3) is 5.69 Å². The van der Waals surface area contributed by atoms with Crippen LogP contribution in [0.1, 0.15) is 1.37 Å². The van der Waals surface area contributed by atoms with Gasteiger partial charge in [-0.25, -0.2) is 8.78 Å². The Morgan fingerprint density at radius 1 is 1.23 bits per heavy atom. The van der Waals surface area contributed by atoms with Gasteiger partial charge in [-0.1, -0.05) is 0 Å². The summed E-state index contributed by atoms with van der Waals surface area (Å²) < 4.78 is 34.8. The highest BCUT2D eigenvalue weighted by molar-refractivity contribution is 5.34. The Kier molecular flexibility index (Phi) is 1.58. The normalized spacial score (nSPS) is 11.4. The molecule has 0 bridgehead atoms. The molecule has 1 aromatic heterocycles. The quantitative estimate of drug-likeness (QED) is 0.635. The first-order chi connectivity index (χ1) is 6.68. The second-order valence-electron chi connectivity index (χ2n) is 2.60. The number of hydrogen-bond acceptors (Lipinski definition) is 0. The van der Waals surface area contributed by atoms with E-state index in [2.05, 4.69) is 0 Å². The Morgan fingerprint density at radius 2 is 1.92 bits per heavy atom. The van der Waals surface area contributed by atoms with Crippen LogP contribution in [0.5, 0.6) is 0 Å². The molecule has 0 atom stereocenters. The summed E-state index contributed by atoms with van der Waals surface area (Å²) in [5.41, 5.74) is 0.0661. The fraction of sp³-hybridized carbons (Fsp3) is 0. The lowest BCUT2D eigenvalue weighted by atomic mass is 10.3. The first-order valence-corrected chi connectivity index (χ1v) is 3.77. The van der Waals surface area contributed by atoms with E-state index in [0.717, 1.165) is 12.1 Å². The molecule has 66 valence electrons. The first kappa shape index (κ1) is 6.83. The van der Waals surface area contributed by atoms with Gasteiger partial charge in [-0.15, -0.1) is 0 Å². The van der Waals surface area contributed by atoms with Gasteiger partial charge < -0.3 is 4.57 Å². The highest BCUT2D eigenvalue weighted by Gasteiger charge is 2.03. The van der Waals surface area contributed by atoms with E-state index in [4.69, 9.17) is 1.37 Å². The lowest BCUT2D eigenvalue weighted by molar-refractivity contribution is 0.578. The molecule has 0 aliphatic carbocycles. The average Bonchev–Trinajstić information content (AvgIpc) is 2.54. The highest BCUT2D eigenvalue weighted by Crippen LogP contribution is 2.14. The third-order valence-corrected chi connectivity index (χ3v) is 1.70. The van der Waals surface area contributed by atoms with Gasteiger partial charge in [0, 0.05) is 18.5 Å². The minimum Gasteiger partial charge on any atom is -0.321 e. The molecular weight excluding hydrogens is 172 g/mol. The van der Waals surface area contributed by atoms with Crippen LogP contribution < -0.4 is 0 Å². The molecule has 0 spiro atoms. The topological polar surface area (TPSA) is 4.93 Å². The van der Waals surface area contributed by atoms with Crippen molar-refractivity contribution in [2.75, 3.05) is 0 Å². The third kappa shape index (κ3) is 1.45. The summed E-state index contributed by atoms with van der Waals surface area (Å²) >= 11 is 0. The van der Waals surface area contributed by atoms with E-state index in [-0.39, 0.29) is 11.7 Å². The van der Waals surface area contributed by atoms with E-state index >= 15 is 0 Å². The standard InChI is InChI=1S/C10H7F2N/c11-8-3-4-10(9(12)7-8)13-5-1-2-6-13/h1-7H/i4D. The predicted molar refractivity (Wildman–Crippen MR) is 45.7 cm³/mol. The van der Waals surface area contributed by atoms with Crippen molar-refractivity contribution in [3.8, 4) is 5.69 Å². The van der Waals surface area contributed by atoms with Crippen LogP contribution in [0, 0.1) is 11.6 Å². The Bertz CT molecular complexity index is 428. The van der Waals surface area contributed by atoms with Gasteiger partial charge in [0.25, 0.3) is 0 Å². The summed E-state index contributed by atoms with van der Waals surface area (Å²) in [6, 6.07) is 5.01. The van der Waals surface area contributed by atoms with Crippen LogP contribution in [-0.2, 0) is 0 Å². The lowest BCUT2D eigenvalue weighted by Crippen LogP contribution is -1.94. The number of nitrogens with zero attached hydrogens (tertiary/aromatic N) is 1. The number of aromatic nitrogens is 1. The van der Waals surface area contributed by atoms with Crippen LogP contribution >= 0.6 is 0 Å². The van der Waals surface area contributed by atoms with Crippen molar-refractivity contribution in [3.05, 3.63) is 54.3 Å². The Morgan fingerprint density at radius 3 is 2.54 bits per heavy atom. The Hall–Kier alpha value is -1.64. The Balaban J connectivity index is 2.64. The van der Waals surface area contributed by atoms with Crippen LogP contribution in [0.4, 0.5) is 8.78 Å². The molecule has 1 aromatic carbocycles. The van der Waals surface area contributed by atoms with Crippen molar-refractivity contribution < 1.29 is 10.2 Å². The monoisotopic (exact) mass is 180 g/mol. The van der Waals surface area contributed by atoms with Gasteiger partial charge in [-0.2, -0.15) is 0 Å². The number of hydrogen-bond donors (Lipinski definition) is 0. The first-order valence-electron chi connectivity index (χ1n) is 4.27. The third-order valence-electron chi connectivity index (χ3n) is 1.70. The van der Waals surface area contributed by atoms with Gasteiger partial charge >= 0.3 is 0 Å². The van der Waals surface area contributed by atoms with Gasteiger partial charge in [-0.3, -0.25) is 0 Å². The summed E-state index contributed by atoms with van der Waals surface area (Å²) in [4.78, 5) is 0. The molecule has 0 unspecified atom stereocenters. The van der Waals surface area contributed by atoms with Gasteiger partial charge in [-0.05, 0) is 24.2 Å². The molecule has 2 aromatic rings. The molecule has 0 saturated heterocycles. The van der Waals surface area contributed by atoms with Crippen LogP contribution in [0.3, 0.4) is 0 Å². The smallest absolute Gasteiger partial charge is 0.150 e. The number of rotatable bonds is 1. The summed E-state index contributed by atoms with van der Waals surface area (Å²) in [6.07, 6.45) is 3.21. The van der Waals surface area contributed by atoms with Crippen LogP contribution in [-0.4, -0.2) is 4.57 Å². The molecule has 1 heterocycles. The molecule has 0 aliphatic heterocycles. The van der Waals surface area contributed by atoms with Crippen molar-refractivity contribution in [1.29, 1.82) is 0 Å². The summed E-state index contributed by atoms with van der Waals surface area (Å²) in [6.45, 7) is 0. The van der Waals surface area contributed by atoms with E-state index in [0.29, 0.717) is 0 Å². The van der Waals surface area contributed by atoms with E-state index in [1.807, 2.05) is 0 Å². The summed E-state index contributed by atoms with van der Waals surface area (Å²) in [5.74, 6) is -1.46. The van der Waals surface area contributed by atoms with E-state index in [1.165, 1.54) is 4.57 Å². The molecule has 1 nitrogen and oxygen atoms in total. The highest BCUT2D eigenvalue weighted by atomic mass is 19.1. The minimum absolute atomic E-state index is 0.0661. The van der Waals surface area contributed by atoms with E-state index < -0.39 is 11.6 Å². The minimum atomic E-state index is -0.733. The average molecular weight is 180 g/mol. The van der Waals surface area contributed by atoms with Crippen molar-refractivity contribution in [3.63, 3.8) is 0 Å². The molecule has 2 rings (SSSR count). The Labute approximate surface area is 75.6 Å². The predicted octanol–water partition coefficient (Wildman–Crippen LogP) is 2.76. The van der Waals surface area contributed by atoms with Crippen molar-refractivity contribution in [1.82, 2.24) is 4.57 Å². The molecule has 0 saturated carbocycles. The molecule has 0 fully saturated rings. The van der Waals surface area contributed by atoms with Gasteiger partial charge in [0.1, 0.15) is 11.6 Å². The maximum absolute atomic E-state index is 13.3. The molecule has 0 N–H and O–H groups in total. The second kappa shape index (κ2) is 3.01. The zero-order chi connectivity index (χ0) is 10.1. The van der Waals surface area contributed by atoms with E-state index in [1.54, 1.807) is 24.5 Å². The molecule has 0 aliphatic rings. The number of benzene rings is 1. The number of halogens is 2. The fourth-order valence-corrected chi connectivity index (χ4v) is 1.12. The van der Waals surface area contributed by atoms with Crippen molar-refractivity contribution >= 4 is 0 Å².